The zero-order valence-corrected chi connectivity index (χ0v) is 16.6. The Bertz CT molecular complexity index is 1090. The molecule has 2 aliphatic rings. The predicted molar refractivity (Wildman–Crippen MR) is 110 cm³/mol. The lowest BCUT2D eigenvalue weighted by Crippen LogP contribution is -2.40. The van der Waals surface area contributed by atoms with Crippen molar-refractivity contribution >= 4 is 22.6 Å². The van der Waals surface area contributed by atoms with Gasteiger partial charge in [-0.05, 0) is 24.3 Å². The lowest BCUT2D eigenvalue weighted by molar-refractivity contribution is 0.0210. The van der Waals surface area contributed by atoms with Gasteiger partial charge in [0.2, 0.25) is 0 Å². The van der Waals surface area contributed by atoms with Crippen molar-refractivity contribution in [2.45, 2.75) is 19.0 Å². The number of aryl methyl sites for hydroxylation is 1. The topological polar surface area (TPSA) is 68.6 Å². The molecule has 7 heteroatoms. The molecular weight excluding hydrogens is 368 g/mol. The molecule has 0 bridgehead atoms. The Morgan fingerprint density at radius 1 is 1.24 bits per heavy atom. The number of methoxy groups -OCH3 is 1. The smallest absolute Gasteiger partial charge is 0.256 e. The third-order valence-electron chi connectivity index (χ3n) is 5.82. The summed E-state index contributed by atoms with van der Waals surface area (Å²) in [7, 11) is 3.67. The normalized spacial score (nSPS) is 16.2. The van der Waals surface area contributed by atoms with Gasteiger partial charge in [-0.15, -0.1) is 0 Å². The van der Waals surface area contributed by atoms with E-state index in [2.05, 4.69) is 16.0 Å². The Morgan fingerprint density at radius 2 is 2.07 bits per heavy atom. The molecule has 1 fully saturated rings. The molecule has 0 atom stereocenters. The van der Waals surface area contributed by atoms with Gasteiger partial charge in [-0.3, -0.25) is 4.79 Å². The van der Waals surface area contributed by atoms with E-state index in [0.29, 0.717) is 32.7 Å². The van der Waals surface area contributed by atoms with E-state index in [4.69, 9.17) is 14.5 Å². The number of rotatable bonds is 6. The van der Waals surface area contributed by atoms with Gasteiger partial charge in [0.05, 0.1) is 49.5 Å². The zero-order chi connectivity index (χ0) is 20.0. The third-order valence-corrected chi connectivity index (χ3v) is 5.82. The van der Waals surface area contributed by atoms with Crippen molar-refractivity contribution in [1.29, 1.82) is 0 Å². The van der Waals surface area contributed by atoms with Gasteiger partial charge in [0.15, 0.2) is 0 Å². The minimum atomic E-state index is 0.0420. The number of hydrogen-bond acceptors (Lipinski definition) is 5. The Labute approximate surface area is 169 Å². The number of nitrogens with zero attached hydrogens (tertiary/aromatic N) is 3. The second-order valence-corrected chi connectivity index (χ2v) is 7.60. The second-order valence-electron chi connectivity index (χ2n) is 7.60. The summed E-state index contributed by atoms with van der Waals surface area (Å²) in [4.78, 5) is 19.8. The number of amides is 1. The minimum absolute atomic E-state index is 0.0420. The highest BCUT2D eigenvalue weighted by atomic mass is 16.5. The van der Waals surface area contributed by atoms with E-state index >= 15 is 0 Å². The van der Waals surface area contributed by atoms with Crippen LogP contribution in [0.5, 0.6) is 5.75 Å². The van der Waals surface area contributed by atoms with Gasteiger partial charge >= 0.3 is 0 Å². The molecule has 2 aliphatic heterocycles. The molecule has 0 unspecified atom stereocenters. The number of ether oxygens (including phenoxy) is 2. The number of imidazole rings is 1. The van der Waals surface area contributed by atoms with Crippen molar-refractivity contribution in [3.8, 4) is 5.75 Å². The maximum atomic E-state index is 13.2. The molecule has 150 valence electrons. The minimum Gasteiger partial charge on any atom is -0.496 e. The molecule has 7 nitrogen and oxygen atoms in total. The highest BCUT2D eigenvalue weighted by Gasteiger charge is 2.34. The van der Waals surface area contributed by atoms with Crippen LogP contribution in [-0.4, -0.2) is 53.3 Å². The number of anilines is 1. The molecule has 3 aromatic rings. The lowest BCUT2D eigenvalue weighted by Gasteiger charge is -2.28. The number of nitrogens with one attached hydrogen (secondary N) is 1. The molecule has 2 aromatic carbocycles. The number of hydrogen-bond donors (Lipinski definition) is 1. The van der Waals surface area contributed by atoms with Crippen LogP contribution in [0.25, 0.3) is 11.0 Å². The van der Waals surface area contributed by atoms with Crippen LogP contribution in [0.15, 0.2) is 36.4 Å². The van der Waals surface area contributed by atoms with Gasteiger partial charge in [0, 0.05) is 31.3 Å². The first-order valence-electron chi connectivity index (χ1n) is 9.89. The second kappa shape index (κ2) is 7.08. The molecule has 0 saturated carbocycles. The number of benzene rings is 2. The fraction of sp³-hybridized carbons (Fsp3) is 0.364. The van der Waals surface area contributed by atoms with Crippen molar-refractivity contribution in [3.63, 3.8) is 0 Å². The van der Waals surface area contributed by atoms with Crippen LogP contribution in [0.4, 0.5) is 5.69 Å². The third kappa shape index (κ3) is 3.02. The summed E-state index contributed by atoms with van der Waals surface area (Å²) in [5.74, 6) is 1.78. The molecule has 3 heterocycles. The van der Waals surface area contributed by atoms with Crippen LogP contribution in [0.3, 0.4) is 0 Å². The van der Waals surface area contributed by atoms with E-state index in [0.717, 1.165) is 39.4 Å². The van der Waals surface area contributed by atoms with Crippen molar-refractivity contribution in [2.75, 3.05) is 32.2 Å². The summed E-state index contributed by atoms with van der Waals surface area (Å²) in [5, 5.41) is 3.44. The molecule has 1 amide bonds. The average molecular weight is 392 g/mol. The summed E-state index contributed by atoms with van der Waals surface area (Å²) in [6, 6.07) is 12.2. The van der Waals surface area contributed by atoms with E-state index < -0.39 is 0 Å². The largest absolute Gasteiger partial charge is 0.496 e. The van der Waals surface area contributed by atoms with Gasteiger partial charge in [0.1, 0.15) is 11.6 Å². The van der Waals surface area contributed by atoms with E-state index in [-0.39, 0.29) is 11.9 Å². The number of fused-ring (bicyclic) bond motifs is 2. The van der Waals surface area contributed by atoms with Crippen molar-refractivity contribution in [1.82, 2.24) is 14.5 Å². The summed E-state index contributed by atoms with van der Waals surface area (Å²) in [6.07, 6.45) is 0.701. The zero-order valence-electron chi connectivity index (χ0n) is 16.6. The first-order valence-corrected chi connectivity index (χ1v) is 9.89. The number of carbonyl (C=O) groups excluding carboxylic acids is 1. The quantitative estimate of drug-likeness (QED) is 0.698. The molecule has 0 aliphatic carbocycles. The van der Waals surface area contributed by atoms with Gasteiger partial charge in [-0.2, -0.15) is 0 Å². The molecule has 1 N–H and O–H groups in total. The van der Waals surface area contributed by atoms with Gasteiger partial charge in [-0.25, -0.2) is 4.98 Å². The summed E-state index contributed by atoms with van der Waals surface area (Å²) in [6.45, 7) is 2.51. The fourth-order valence-electron chi connectivity index (χ4n) is 4.14. The van der Waals surface area contributed by atoms with Crippen LogP contribution in [0.2, 0.25) is 0 Å². The molecular formula is C22H24N4O3. The van der Waals surface area contributed by atoms with Crippen LogP contribution >= 0.6 is 0 Å². The Hall–Kier alpha value is -3.06. The van der Waals surface area contributed by atoms with Crippen LogP contribution in [0.1, 0.15) is 21.7 Å². The average Bonchev–Trinajstić information content (AvgIpc) is 3.21. The van der Waals surface area contributed by atoms with Crippen molar-refractivity contribution in [3.05, 3.63) is 53.3 Å². The van der Waals surface area contributed by atoms with Gasteiger partial charge in [-0.1, -0.05) is 12.1 Å². The highest BCUT2D eigenvalue weighted by molar-refractivity contribution is 6.04. The van der Waals surface area contributed by atoms with Crippen LogP contribution < -0.4 is 10.1 Å². The first kappa shape index (κ1) is 18.0. The number of para-hydroxylation sites is 2. The number of aromatic nitrogens is 2. The first-order chi connectivity index (χ1) is 14.2. The van der Waals surface area contributed by atoms with Crippen molar-refractivity contribution < 1.29 is 14.3 Å². The predicted octanol–water partition coefficient (Wildman–Crippen LogP) is 2.59. The highest BCUT2D eigenvalue weighted by Crippen LogP contribution is 2.36. The molecule has 29 heavy (non-hydrogen) atoms. The molecule has 5 rings (SSSR count). The molecule has 0 radical (unpaired) electrons. The van der Waals surface area contributed by atoms with E-state index in [1.807, 2.05) is 42.3 Å². The van der Waals surface area contributed by atoms with E-state index in [1.165, 1.54) is 0 Å². The van der Waals surface area contributed by atoms with Gasteiger partial charge < -0.3 is 24.3 Å². The van der Waals surface area contributed by atoms with Crippen LogP contribution in [-0.2, 0) is 24.8 Å². The SMILES string of the molecule is COc1ccc(NC2COC2)c2c1CN(CCc1nc3ccccc3n1C)C2=O. The van der Waals surface area contributed by atoms with Crippen molar-refractivity contribution in [2.24, 2.45) is 7.05 Å². The maximum Gasteiger partial charge on any atom is 0.256 e. The Kier molecular flexibility index (Phi) is 4.39. The Morgan fingerprint density at radius 3 is 2.79 bits per heavy atom. The fourth-order valence-corrected chi connectivity index (χ4v) is 4.14. The summed E-state index contributed by atoms with van der Waals surface area (Å²) in [5.41, 5.74) is 4.63. The van der Waals surface area contributed by atoms with E-state index in [1.54, 1.807) is 7.11 Å². The monoisotopic (exact) mass is 392 g/mol. The number of carbonyl (C=O) groups is 1. The standard InChI is InChI=1S/C22H24N4O3/c1-25-18-6-4-3-5-16(18)24-20(25)9-10-26-11-15-19(28-2)8-7-17(21(15)22(26)27)23-14-12-29-13-14/h3-8,14,23H,9-13H2,1-2H3. The summed E-state index contributed by atoms with van der Waals surface area (Å²) < 4.78 is 12.9. The lowest BCUT2D eigenvalue weighted by atomic mass is 10.1. The molecule has 1 aromatic heterocycles. The molecule has 1 saturated heterocycles. The Balaban J connectivity index is 1.38. The molecule has 0 spiro atoms. The van der Waals surface area contributed by atoms with E-state index in [9.17, 15) is 4.79 Å². The van der Waals surface area contributed by atoms with Crippen LogP contribution in [0, 0.1) is 0 Å². The maximum absolute atomic E-state index is 13.2. The van der Waals surface area contributed by atoms with Gasteiger partial charge in [0.25, 0.3) is 5.91 Å². The summed E-state index contributed by atoms with van der Waals surface area (Å²) >= 11 is 0.